The fourth-order valence-corrected chi connectivity index (χ4v) is 2.50. The normalized spacial score (nSPS) is 12.5. The number of ether oxygens (including phenoxy) is 1. The number of nitrogens with two attached hydrogens (primary N) is 1. The zero-order valence-electron chi connectivity index (χ0n) is 13.0. The lowest BCUT2D eigenvalue weighted by atomic mass is 10.1. The van der Waals surface area contributed by atoms with Gasteiger partial charge in [0.25, 0.3) is 0 Å². The lowest BCUT2D eigenvalue weighted by Gasteiger charge is -2.15. The second-order valence-corrected chi connectivity index (χ2v) is 5.66. The quantitative estimate of drug-likeness (QED) is 0.914. The zero-order chi connectivity index (χ0) is 15.6. The van der Waals surface area contributed by atoms with Crippen LogP contribution in [0.1, 0.15) is 42.4 Å². The Hall–Kier alpha value is -1.52. The Morgan fingerprint density at radius 1 is 1.38 bits per heavy atom. The molecule has 0 aliphatic carbocycles. The maximum Gasteiger partial charge on any atom is 0.131 e. The SMILES string of the molecule is CCn1nc(C)c(Cl)c1COc1ccc(C)cc1[C@@H](C)N. The number of aromatic nitrogens is 2. The summed E-state index contributed by atoms with van der Waals surface area (Å²) in [6.07, 6.45) is 0. The van der Waals surface area contributed by atoms with Crippen molar-refractivity contribution in [3.63, 3.8) is 0 Å². The summed E-state index contributed by atoms with van der Waals surface area (Å²) in [5, 5.41) is 5.07. The Morgan fingerprint density at radius 3 is 2.71 bits per heavy atom. The molecule has 1 aromatic carbocycles. The molecule has 0 spiro atoms. The molecule has 1 aromatic heterocycles. The van der Waals surface area contributed by atoms with Crippen LogP contribution in [0.25, 0.3) is 0 Å². The van der Waals surface area contributed by atoms with E-state index in [1.54, 1.807) is 0 Å². The predicted molar refractivity (Wildman–Crippen MR) is 85.8 cm³/mol. The molecule has 0 radical (unpaired) electrons. The maximum absolute atomic E-state index is 6.30. The summed E-state index contributed by atoms with van der Waals surface area (Å²) in [6, 6.07) is 5.96. The van der Waals surface area contributed by atoms with Gasteiger partial charge >= 0.3 is 0 Å². The molecule has 0 aliphatic heterocycles. The van der Waals surface area contributed by atoms with Gasteiger partial charge in [-0.3, -0.25) is 4.68 Å². The second kappa shape index (κ2) is 6.50. The van der Waals surface area contributed by atoms with Gasteiger partial charge in [-0.25, -0.2) is 0 Å². The molecule has 2 aromatic rings. The van der Waals surface area contributed by atoms with Gasteiger partial charge in [0.1, 0.15) is 12.4 Å². The molecule has 21 heavy (non-hydrogen) atoms. The molecule has 2 N–H and O–H groups in total. The van der Waals surface area contributed by atoms with Gasteiger partial charge in [-0.15, -0.1) is 0 Å². The van der Waals surface area contributed by atoms with Gasteiger partial charge in [-0.05, 0) is 33.8 Å². The highest BCUT2D eigenvalue weighted by atomic mass is 35.5. The first-order chi connectivity index (χ1) is 9.93. The maximum atomic E-state index is 6.30. The molecule has 4 nitrogen and oxygen atoms in total. The minimum Gasteiger partial charge on any atom is -0.487 e. The molecule has 0 aliphatic rings. The first-order valence-corrected chi connectivity index (χ1v) is 7.52. The van der Waals surface area contributed by atoms with Crippen molar-refractivity contribution < 1.29 is 4.74 Å². The summed E-state index contributed by atoms with van der Waals surface area (Å²) in [5.74, 6) is 0.799. The molecule has 0 amide bonds. The number of hydrogen-bond acceptors (Lipinski definition) is 3. The van der Waals surface area contributed by atoms with E-state index >= 15 is 0 Å². The van der Waals surface area contributed by atoms with E-state index in [1.165, 1.54) is 5.56 Å². The molecule has 2 rings (SSSR count). The van der Waals surface area contributed by atoms with E-state index in [-0.39, 0.29) is 6.04 Å². The van der Waals surface area contributed by atoms with Crippen LogP contribution < -0.4 is 10.5 Å². The average Bonchev–Trinajstić information content (AvgIpc) is 2.72. The van der Waals surface area contributed by atoms with E-state index in [2.05, 4.69) is 11.2 Å². The van der Waals surface area contributed by atoms with E-state index < -0.39 is 0 Å². The fourth-order valence-electron chi connectivity index (χ4n) is 2.31. The Labute approximate surface area is 130 Å². The molecule has 0 saturated heterocycles. The standard InChI is InChI=1S/C16H22ClN3O/c1-5-20-14(16(17)12(4)19-20)9-21-15-7-6-10(2)8-13(15)11(3)18/h6-8,11H,5,9,18H2,1-4H3/t11-/m1/s1. The number of benzene rings is 1. The van der Waals surface area contributed by atoms with Crippen LogP contribution in [0.4, 0.5) is 0 Å². The topological polar surface area (TPSA) is 53.1 Å². The summed E-state index contributed by atoms with van der Waals surface area (Å²) >= 11 is 6.30. The van der Waals surface area contributed by atoms with Crippen molar-refractivity contribution in [2.24, 2.45) is 5.73 Å². The van der Waals surface area contributed by atoms with Crippen LogP contribution in [-0.2, 0) is 13.2 Å². The van der Waals surface area contributed by atoms with Crippen molar-refractivity contribution in [1.82, 2.24) is 9.78 Å². The molecular formula is C16H22ClN3O. The van der Waals surface area contributed by atoms with E-state index in [1.807, 2.05) is 44.5 Å². The molecule has 0 unspecified atom stereocenters. The number of halogens is 1. The Morgan fingerprint density at radius 2 is 2.10 bits per heavy atom. The Balaban J connectivity index is 2.25. The molecule has 0 saturated carbocycles. The van der Waals surface area contributed by atoms with Crippen LogP contribution in [-0.4, -0.2) is 9.78 Å². The molecule has 114 valence electrons. The van der Waals surface area contributed by atoms with E-state index in [9.17, 15) is 0 Å². The number of nitrogens with zero attached hydrogens (tertiary/aromatic N) is 2. The van der Waals surface area contributed by atoms with Crippen LogP contribution in [0, 0.1) is 13.8 Å². The van der Waals surface area contributed by atoms with Crippen LogP contribution >= 0.6 is 11.6 Å². The minimum absolute atomic E-state index is 0.0757. The molecular weight excluding hydrogens is 286 g/mol. The third-order valence-corrected chi connectivity index (χ3v) is 3.96. The van der Waals surface area contributed by atoms with Crippen molar-refractivity contribution in [1.29, 1.82) is 0 Å². The van der Waals surface area contributed by atoms with Crippen LogP contribution in [0.3, 0.4) is 0 Å². The van der Waals surface area contributed by atoms with Crippen molar-refractivity contribution in [3.05, 3.63) is 45.7 Å². The lowest BCUT2D eigenvalue weighted by molar-refractivity contribution is 0.288. The van der Waals surface area contributed by atoms with Gasteiger partial charge < -0.3 is 10.5 Å². The van der Waals surface area contributed by atoms with Gasteiger partial charge in [0.2, 0.25) is 0 Å². The molecule has 0 bridgehead atoms. The summed E-state index contributed by atoms with van der Waals surface area (Å²) in [5.41, 5.74) is 9.92. The highest BCUT2D eigenvalue weighted by Gasteiger charge is 2.15. The van der Waals surface area contributed by atoms with E-state index in [0.29, 0.717) is 11.6 Å². The smallest absolute Gasteiger partial charge is 0.131 e. The van der Waals surface area contributed by atoms with Gasteiger partial charge in [0.05, 0.1) is 16.4 Å². The van der Waals surface area contributed by atoms with Gasteiger partial charge in [0, 0.05) is 18.2 Å². The Kier molecular flexibility index (Phi) is 4.91. The first-order valence-electron chi connectivity index (χ1n) is 7.14. The van der Waals surface area contributed by atoms with E-state index in [0.717, 1.165) is 29.2 Å². The second-order valence-electron chi connectivity index (χ2n) is 5.28. The van der Waals surface area contributed by atoms with Gasteiger partial charge in [0.15, 0.2) is 0 Å². The molecule has 1 heterocycles. The largest absolute Gasteiger partial charge is 0.487 e. The third kappa shape index (κ3) is 3.39. The van der Waals surface area contributed by atoms with Crippen LogP contribution in [0.5, 0.6) is 5.75 Å². The third-order valence-electron chi connectivity index (χ3n) is 3.47. The lowest BCUT2D eigenvalue weighted by Crippen LogP contribution is -2.10. The van der Waals surface area contributed by atoms with Crippen molar-refractivity contribution >= 4 is 11.6 Å². The van der Waals surface area contributed by atoms with Crippen molar-refractivity contribution in [3.8, 4) is 5.75 Å². The molecule has 0 fully saturated rings. The number of hydrogen-bond donors (Lipinski definition) is 1. The summed E-state index contributed by atoms with van der Waals surface area (Å²) in [6.45, 7) is 9.08. The summed E-state index contributed by atoms with van der Waals surface area (Å²) < 4.78 is 7.82. The monoisotopic (exact) mass is 307 g/mol. The zero-order valence-corrected chi connectivity index (χ0v) is 13.7. The van der Waals surface area contributed by atoms with Crippen LogP contribution in [0.15, 0.2) is 18.2 Å². The highest BCUT2D eigenvalue weighted by molar-refractivity contribution is 6.31. The number of rotatable bonds is 5. The number of aryl methyl sites for hydroxylation is 3. The van der Waals surface area contributed by atoms with Crippen LogP contribution in [0.2, 0.25) is 5.02 Å². The van der Waals surface area contributed by atoms with Crippen molar-refractivity contribution in [2.45, 2.75) is 46.9 Å². The minimum atomic E-state index is -0.0757. The Bertz CT molecular complexity index is 635. The van der Waals surface area contributed by atoms with Gasteiger partial charge in [-0.2, -0.15) is 5.10 Å². The molecule has 1 atom stereocenters. The highest BCUT2D eigenvalue weighted by Crippen LogP contribution is 2.27. The average molecular weight is 308 g/mol. The first kappa shape index (κ1) is 15.9. The summed E-state index contributed by atoms with van der Waals surface area (Å²) in [4.78, 5) is 0. The van der Waals surface area contributed by atoms with Crippen molar-refractivity contribution in [2.75, 3.05) is 0 Å². The summed E-state index contributed by atoms with van der Waals surface area (Å²) in [7, 11) is 0. The predicted octanol–water partition coefficient (Wildman–Crippen LogP) is 3.77. The molecule has 5 heteroatoms. The fraction of sp³-hybridized carbons (Fsp3) is 0.438. The van der Waals surface area contributed by atoms with E-state index in [4.69, 9.17) is 22.1 Å². The van der Waals surface area contributed by atoms with Gasteiger partial charge in [-0.1, -0.05) is 29.3 Å².